The molecule has 2 aromatic rings. The van der Waals surface area contributed by atoms with Crippen LogP contribution in [0.1, 0.15) is 0 Å². The van der Waals surface area contributed by atoms with Gasteiger partial charge in [0, 0.05) is 12.1 Å². The number of hydrogen-bond donors (Lipinski definition) is 4. The first-order valence-electron chi connectivity index (χ1n) is 7.02. The van der Waals surface area contributed by atoms with Gasteiger partial charge in [-0.05, 0) is 12.1 Å². The summed E-state index contributed by atoms with van der Waals surface area (Å²) in [7, 11) is -20.5. The fourth-order valence-electron chi connectivity index (χ4n) is 1.81. The zero-order valence-corrected chi connectivity index (χ0v) is 20.9. The van der Waals surface area contributed by atoms with Crippen molar-refractivity contribution in [1.82, 2.24) is 0 Å². The first-order valence-corrected chi connectivity index (χ1v) is 12.7. The Morgan fingerprint density at radius 2 is 0.727 bits per heavy atom. The van der Waals surface area contributed by atoms with Gasteiger partial charge in [0.25, 0.3) is 0 Å². The molecule has 0 saturated heterocycles. The predicted molar refractivity (Wildman–Crippen MR) is 97.2 cm³/mol. The second-order valence-electron chi connectivity index (χ2n) is 5.39. The van der Waals surface area contributed by atoms with Gasteiger partial charge < -0.3 is 38.6 Å². The van der Waals surface area contributed by atoms with Crippen LogP contribution in [0.2, 0.25) is 0 Å². The molecule has 0 unspecified atom stereocenters. The minimum atomic E-state index is -5.20. The van der Waals surface area contributed by atoms with Crippen molar-refractivity contribution in [3.05, 3.63) is 24.3 Å². The smallest absolute Gasteiger partial charge is 0.744 e. The molecule has 0 heterocycles. The van der Waals surface area contributed by atoms with Gasteiger partial charge in [0.05, 0.1) is 9.79 Å². The van der Waals surface area contributed by atoms with Crippen LogP contribution in [0.25, 0.3) is 0 Å². The summed E-state index contributed by atoms with van der Waals surface area (Å²) in [6.07, 6.45) is 0. The quantitative estimate of drug-likeness (QED) is 0.149. The second-order valence-corrected chi connectivity index (χ2v) is 10.9. The van der Waals surface area contributed by atoms with Crippen LogP contribution in [0.4, 0.5) is 0 Å². The maximum Gasteiger partial charge on any atom is 4.00 e. The maximum absolute atomic E-state index is 10.6. The largest absolute Gasteiger partial charge is 4.00 e. The molecule has 0 aliphatic heterocycles. The van der Waals surface area contributed by atoms with Crippen LogP contribution in [0, 0.1) is 0 Å². The van der Waals surface area contributed by atoms with Crippen LogP contribution in [0.5, 0.6) is 23.0 Å². The molecule has 0 atom stereocenters. The number of aromatic hydroxyl groups is 4. The Morgan fingerprint density at radius 1 is 0.485 bits per heavy atom. The van der Waals surface area contributed by atoms with Gasteiger partial charge in [-0.3, -0.25) is 0 Å². The number of hydrogen-bond acceptors (Lipinski definition) is 16. The van der Waals surface area contributed by atoms with E-state index in [0.29, 0.717) is 12.1 Å². The third-order valence-electron chi connectivity index (χ3n) is 3.17. The van der Waals surface area contributed by atoms with Gasteiger partial charge in [0.2, 0.25) is 0 Å². The Labute approximate surface area is 203 Å². The van der Waals surface area contributed by atoms with Crippen molar-refractivity contribution < 1.29 is 72.3 Å². The van der Waals surface area contributed by atoms with E-state index >= 15 is 0 Å². The van der Waals surface area contributed by atoms with Gasteiger partial charge in [-0.15, -0.1) is 0 Å². The molecule has 16 nitrogen and oxygen atoms in total. The minimum Gasteiger partial charge on any atom is -0.744 e. The van der Waals surface area contributed by atoms with Crippen LogP contribution in [-0.2, 0) is 40.5 Å². The van der Waals surface area contributed by atoms with E-state index < -0.39 is 83.1 Å². The summed E-state index contributed by atoms with van der Waals surface area (Å²) in [5.74, 6) is -4.98. The topological polar surface area (TPSA) is 310 Å². The molecular weight excluding hydrogens is 650 g/mol. The molecule has 1 radical (unpaired) electrons. The molecule has 0 fully saturated rings. The van der Waals surface area contributed by atoms with Crippen LogP contribution < -0.4 is 0 Å². The average molecular weight is 658 g/mol. The third kappa shape index (κ3) is 8.12. The van der Waals surface area contributed by atoms with E-state index in [1.807, 2.05) is 0 Å². The predicted octanol–water partition coefficient (Wildman–Crippen LogP) is -2.57. The van der Waals surface area contributed by atoms with Crippen molar-refractivity contribution in [3.8, 4) is 23.0 Å². The van der Waals surface area contributed by atoms with E-state index in [1.165, 1.54) is 0 Å². The molecule has 4 N–H and O–H groups in total. The molecule has 0 aliphatic rings. The summed E-state index contributed by atoms with van der Waals surface area (Å²) in [5, 5.41) is 35.9. The van der Waals surface area contributed by atoms with E-state index in [4.69, 9.17) is 20.4 Å². The Balaban J connectivity index is 0.000000602. The number of benzene rings is 2. The number of phenols is 4. The standard InChI is InChI=1S/2C6H6O8S2.Sb/c2*7-4-1-3(15(9,10)11)2-5(6(4)8)16(12,13)14;/h2*1-2,7-8H,(H,9,10,11)(H,12,13,14);/q;;+4/p-4. The van der Waals surface area contributed by atoms with Crippen molar-refractivity contribution in [2.75, 3.05) is 0 Å². The van der Waals surface area contributed by atoms with Crippen LogP contribution in [-0.4, -0.2) is 96.7 Å². The second kappa shape index (κ2) is 10.2. The van der Waals surface area contributed by atoms with Crippen molar-refractivity contribution in [2.45, 2.75) is 19.6 Å². The fraction of sp³-hybridized carbons (Fsp3) is 0. The summed E-state index contributed by atoms with van der Waals surface area (Å²) in [6, 6.07) is 1.04. The van der Waals surface area contributed by atoms with Gasteiger partial charge in [-0.25, -0.2) is 33.7 Å². The molecule has 181 valence electrons. The van der Waals surface area contributed by atoms with Crippen LogP contribution >= 0.6 is 0 Å². The first kappa shape index (κ1) is 31.1. The Kier molecular flexibility index (Phi) is 9.57. The molecule has 0 aliphatic carbocycles. The molecule has 21 heteroatoms. The zero-order valence-electron chi connectivity index (χ0n) is 15.1. The number of phenolic OH excluding ortho intramolecular Hbond substituents is 4. The van der Waals surface area contributed by atoms with Crippen molar-refractivity contribution in [3.63, 3.8) is 0 Å². The molecule has 2 aromatic carbocycles. The van der Waals surface area contributed by atoms with Gasteiger partial charge >= 0.3 is 24.4 Å². The van der Waals surface area contributed by atoms with Crippen LogP contribution in [0.3, 0.4) is 0 Å². The van der Waals surface area contributed by atoms with Crippen molar-refractivity contribution in [2.24, 2.45) is 0 Å². The average Bonchev–Trinajstić information content (AvgIpc) is 2.56. The van der Waals surface area contributed by atoms with E-state index in [1.54, 1.807) is 0 Å². The molecule has 33 heavy (non-hydrogen) atoms. The van der Waals surface area contributed by atoms with Crippen LogP contribution in [0.15, 0.2) is 43.8 Å². The number of rotatable bonds is 4. The molecule has 0 bridgehead atoms. The SMILES string of the molecule is O=S(=O)([O-])c1cc(O)c(O)c(S(=O)(=O)[O-])c1.O=S(=O)([O-])c1cc(O)c(O)c(S(=O)(=O)[O-])c1.[Sb+4]. The summed E-state index contributed by atoms with van der Waals surface area (Å²) < 4.78 is 127. The summed E-state index contributed by atoms with van der Waals surface area (Å²) in [6.45, 7) is 0. The Hall–Kier alpha value is -1.90. The molecule has 0 saturated carbocycles. The van der Waals surface area contributed by atoms with Gasteiger partial charge in [-0.2, -0.15) is 0 Å². The van der Waals surface area contributed by atoms with E-state index in [2.05, 4.69) is 0 Å². The van der Waals surface area contributed by atoms with Gasteiger partial charge in [0.15, 0.2) is 23.0 Å². The monoisotopic (exact) mass is 657 g/mol. The first-order chi connectivity index (χ1) is 14.1. The van der Waals surface area contributed by atoms with Gasteiger partial charge in [0.1, 0.15) is 50.3 Å². The maximum atomic E-state index is 10.6. The van der Waals surface area contributed by atoms with E-state index in [-0.39, 0.29) is 36.6 Å². The molecule has 2 rings (SSSR count). The summed E-state index contributed by atoms with van der Waals surface area (Å²) >= 11 is 0. The molecule has 0 amide bonds. The Morgan fingerprint density at radius 3 is 0.909 bits per heavy atom. The fourth-order valence-corrected chi connectivity index (χ4v) is 4.22. The summed E-state index contributed by atoms with van der Waals surface area (Å²) in [4.78, 5) is -5.00. The minimum absolute atomic E-state index is 0. The Bertz CT molecular complexity index is 1380. The summed E-state index contributed by atoms with van der Waals surface area (Å²) in [5.41, 5.74) is 0. The molecule has 0 spiro atoms. The third-order valence-corrected chi connectivity index (χ3v) is 6.50. The van der Waals surface area contributed by atoms with Crippen molar-refractivity contribution in [1.29, 1.82) is 0 Å². The van der Waals surface area contributed by atoms with E-state index in [9.17, 15) is 51.9 Å². The van der Waals surface area contributed by atoms with Crippen molar-refractivity contribution >= 4 is 64.9 Å². The van der Waals surface area contributed by atoms with E-state index in [0.717, 1.165) is 0 Å². The zero-order chi connectivity index (χ0) is 25.4. The molecular formula is C12H8O16S4Sb. The molecule has 0 aromatic heterocycles. The normalized spacial score (nSPS) is 12.2. The van der Waals surface area contributed by atoms with Gasteiger partial charge in [-0.1, -0.05) is 0 Å².